The highest BCUT2D eigenvalue weighted by molar-refractivity contribution is 5.75. The molecule has 158 valence electrons. The summed E-state index contributed by atoms with van der Waals surface area (Å²) in [5.41, 5.74) is 1.81. The molecule has 30 heavy (non-hydrogen) atoms. The number of amides is 1. The molecular weight excluding hydrogens is 388 g/mol. The maximum atomic E-state index is 11.5. The van der Waals surface area contributed by atoms with E-state index in [1.807, 2.05) is 4.90 Å². The lowest BCUT2D eigenvalue weighted by Crippen LogP contribution is -2.37. The number of nitrogens with zero attached hydrogens (tertiary/aromatic N) is 3. The number of anilines is 2. The molecule has 0 spiro atoms. The van der Waals surface area contributed by atoms with Crippen LogP contribution in [0.3, 0.4) is 0 Å². The summed E-state index contributed by atoms with van der Waals surface area (Å²) in [6.45, 7) is 2.76. The molecule has 0 fully saturated rings. The van der Waals surface area contributed by atoms with Crippen LogP contribution >= 0.6 is 0 Å². The first-order valence-corrected chi connectivity index (χ1v) is 9.62. The van der Waals surface area contributed by atoms with E-state index in [0.717, 1.165) is 11.4 Å². The SMILES string of the molecule is CCC(=O)NC[C@@H](CO)Oc1ccc2c(c1)N(c1cnc(OC)c(C#N)c1)CCO2. The number of carbonyl (C=O) groups excluding carboxylic acids is 1. The van der Waals surface area contributed by atoms with E-state index in [-0.39, 0.29) is 24.9 Å². The zero-order valence-electron chi connectivity index (χ0n) is 16.9. The molecule has 3 rings (SSSR count). The maximum Gasteiger partial charge on any atom is 0.231 e. The van der Waals surface area contributed by atoms with E-state index in [1.165, 1.54) is 7.11 Å². The molecule has 9 nitrogen and oxygen atoms in total. The first-order valence-electron chi connectivity index (χ1n) is 9.62. The predicted molar refractivity (Wildman–Crippen MR) is 109 cm³/mol. The van der Waals surface area contributed by atoms with Crippen LogP contribution in [0.25, 0.3) is 0 Å². The molecule has 0 saturated heterocycles. The molecule has 0 aliphatic carbocycles. The molecule has 1 atom stereocenters. The van der Waals surface area contributed by atoms with Gasteiger partial charge in [-0.1, -0.05) is 6.92 Å². The number of hydrogen-bond donors (Lipinski definition) is 2. The number of benzene rings is 1. The fraction of sp³-hybridized carbons (Fsp3) is 0.381. The second kappa shape index (κ2) is 9.80. The summed E-state index contributed by atoms with van der Waals surface area (Å²) >= 11 is 0. The van der Waals surface area contributed by atoms with E-state index >= 15 is 0 Å². The number of aliphatic hydroxyl groups is 1. The quantitative estimate of drug-likeness (QED) is 0.674. The van der Waals surface area contributed by atoms with E-state index in [0.29, 0.717) is 36.6 Å². The molecule has 1 aromatic heterocycles. The second-order valence-corrected chi connectivity index (χ2v) is 6.57. The molecule has 2 aromatic rings. The van der Waals surface area contributed by atoms with Gasteiger partial charge in [-0.3, -0.25) is 4.79 Å². The minimum Gasteiger partial charge on any atom is -0.490 e. The Hall–Kier alpha value is -3.51. The van der Waals surface area contributed by atoms with Crippen LogP contribution in [0.5, 0.6) is 17.4 Å². The predicted octanol–water partition coefficient (Wildman–Crippen LogP) is 1.76. The van der Waals surface area contributed by atoms with Crippen molar-refractivity contribution in [2.24, 2.45) is 0 Å². The third-order valence-electron chi connectivity index (χ3n) is 4.61. The Balaban J connectivity index is 1.84. The number of ether oxygens (including phenoxy) is 3. The van der Waals surface area contributed by atoms with Gasteiger partial charge in [0.2, 0.25) is 11.8 Å². The second-order valence-electron chi connectivity index (χ2n) is 6.57. The van der Waals surface area contributed by atoms with Gasteiger partial charge in [0, 0.05) is 12.5 Å². The van der Waals surface area contributed by atoms with Crippen LogP contribution in [0.4, 0.5) is 11.4 Å². The first kappa shape index (κ1) is 21.2. The lowest BCUT2D eigenvalue weighted by Gasteiger charge is -2.31. The Kier molecular flexibility index (Phi) is 6.93. The Morgan fingerprint density at radius 1 is 1.47 bits per heavy atom. The molecular formula is C21H24N4O5. The van der Waals surface area contributed by atoms with Crippen molar-refractivity contribution in [1.29, 1.82) is 5.26 Å². The first-order chi connectivity index (χ1) is 14.6. The number of rotatable bonds is 8. The average molecular weight is 412 g/mol. The maximum absolute atomic E-state index is 11.5. The number of pyridine rings is 1. The van der Waals surface area contributed by atoms with Crippen LogP contribution in [0, 0.1) is 11.3 Å². The van der Waals surface area contributed by atoms with Gasteiger partial charge < -0.3 is 29.5 Å². The van der Waals surface area contributed by atoms with Crippen molar-refractivity contribution in [3.8, 4) is 23.4 Å². The number of aromatic nitrogens is 1. The van der Waals surface area contributed by atoms with Crippen LogP contribution in [-0.4, -0.2) is 55.5 Å². The third-order valence-corrected chi connectivity index (χ3v) is 4.61. The highest BCUT2D eigenvalue weighted by Crippen LogP contribution is 2.39. The monoisotopic (exact) mass is 412 g/mol. The van der Waals surface area contributed by atoms with Gasteiger partial charge >= 0.3 is 0 Å². The third kappa shape index (κ3) is 4.72. The van der Waals surface area contributed by atoms with Gasteiger partial charge in [-0.05, 0) is 18.2 Å². The minimum atomic E-state index is -0.579. The zero-order chi connectivity index (χ0) is 21.5. The molecule has 0 saturated carbocycles. The van der Waals surface area contributed by atoms with Crippen molar-refractivity contribution in [2.45, 2.75) is 19.4 Å². The number of nitriles is 1. The fourth-order valence-corrected chi connectivity index (χ4v) is 3.06. The average Bonchev–Trinajstić information content (AvgIpc) is 2.80. The van der Waals surface area contributed by atoms with E-state index < -0.39 is 6.10 Å². The lowest BCUT2D eigenvalue weighted by atomic mass is 10.2. The summed E-state index contributed by atoms with van der Waals surface area (Å²) in [4.78, 5) is 17.7. The van der Waals surface area contributed by atoms with E-state index in [9.17, 15) is 15.2 Å². The van der Waals surface area contributed by atoms with Crippen LogP contribution in [0.15, 0.2) is 30.5 Å². The van der Waals surface area contributed by atoms with Gasteiger partial charge in [-0.2, -0.15) is 5.26 Å². The molecule has 2 N–H and O–H groups in total. The summed E-state index contributed by atoms with van der Waals surface area (Å²) < 4.78 is 16.7. The van der Waals surface area contributed by atoms with Gasteiger partial charge in [0.1, 0.15) is 35.8 Å². The van der Waals surface area contributed by atoms with Gasteiger partial charge in [0.05, 0.1) is 44.4 Å². The summed E-state index contributed by atoms with van der Waals surface area (Å²) in [6.07, 6.45) is 1.42. The molecule has 1 aliphatic heterocycles. The number of nitrogens with one attached hydrogen (secondary N) is 1. The van der Waals surface area contributed by atoms with Crippen LogP contribution in [-0.2, 0) is 4.79 Å². The summed E-state index contributed by atoms with van der Waals surface area (Å²) in [7, 11) is 1.47. The molecule has 2 heterocycles. The molecule has 9 heteroatoms. The van der Waals surface area contributed by atoms with Crippen molar-refractivity contribution in [3.05, 3.63) is 36.0 Å². The van der Waals surface area contributed by atoms with Gasteiger partial charge in [0.25, 0.3) is 0 Å². The fourth-order valence-electron chi connectivity index (χ4n) is 3.06. The Morgan fingerprint density at radius 2 is 2.30 bits per heavy atom. The highest BCUT2D eigenvalue weighted by Gasteiger charge is 2.22. The number of methoxy groups -OCH3 is 1. The van der Waals surface area contributed by atoms with E-state index in [2.05, 4.69) is 16.4 Å². The van der Waals surface area contributed by atoms with Gasteiger partial charge in [-0.25, -0.2) is 4.98 Å². The Morgan fingerprint density at radius 3 is 3.00 bits per heavy atom. The lowest BCUT2D eigenvalue weighted by molar-refractivity contribution is -0.121. The number of carbonyl (C=O) groups is 1. The van der Waals surface area contributed by atoms with Crippen molar-refractivity contribution in [1.82, 2.24) is 10.3 Å². The molecule has 1 aromatic carbocycles. The standard InChI is InChI=1S/C21H24N4O5/c1-3-20(27)23-12-17(13-26)30-16-4-5-19-18(9-16)25(6-7-29-19)15-8-14(10-22)21(28-2)24-11-15/h4-5,8-9,11,17,26H,3,6-7,12-13H2,1-2H3,(H,23,27)/t17-/m0/s1. The molecule has 0 unspecified atom stereocenters. The van der Waals surface area contributed by atoms with E-state index in [1.54, 1.807) is 37.4 Å². The van der Waals surface area contributed by atoms with Gasteiger partial charge in [-0.15, -0.1) is 0 Å². The Labute approximate surface area is 174 Å². The normalized spacial score (nSPS) is 13.5. The molecule has 0 radical (unpaired) electrons. The van der Waals surface area contributed by atoms with Crippen molar-refractivity contribution in [3.63, 3.8) is 0 Å². The molecule has 0 bridgehead atoms. The topological polar surface area (TPSA) is 117 Å². The summed E-state index contributed by atoms with van der Waals surface area (Å²) in [6, 6.07) is 9.14. The van der Waals surface area contributed by atoms with Crippen molar-refractivity contribution < 1.29 is 24.1 Å². The summed E-state index contributed by atoms with van der Waals surface area (Å²) in [5, 5.41) is 21.7. The molecule has 1 aliphatic rings. The zero-order valence-corrected chi connectivity index (χ0v) is 16.9. The van der Waals surface area contributed by atoms with Crippen LogP contribution in [0.1, 0.15) is 18.9 Å². The molecule has 1 amide bonds. The largest absolute Gasteiger partial charge is 0.490 e. The number of hydrogen-bond acceptors (Lipinski definition) is 8. The van der Waals surface area contributed by atoms with Crippen LogP contribution in [0.2, 0.25) is 0 Å². The summed E-state index contributed by atoms with van der Waals surface area (Å²) in [5.74, 6) is 1.35. The highest BCUT2D eigenvalue weighted by atomic mass is 16.5. The van der Waals surface area contributed by atoms with Crippen molar-refractivity contribution >= 4 is 17.3 Å². The number of fused-ring (bicyclic) bond motifs is 1. The van der Waals surface area contributed by atoms with Gasteiger partial charge in [0.15, 0.2) is 0 Å². The van der Waals surface area contributed by atoms with E-state index in [4.69, 9.17) is 14.2 Å². The smallest absolute Gasteiger partial charge is 0.231 e. The van der Waals surface area contributed by atoms with Crippen molar-refractivity contribution in [2.75, 3.05) is 38.3 Å². The Bertz CT molecular complexity index is 943. The minimum absolute atomic E-state index is 0.109. The number of aliphatic hydroxyl groups excluding tert-OH is 1. The van der Waals surface area contributed by atoms with Crippen LogP contribution < -0.4 is 24.4 Å².